The van der Waals surface area contributed by atoms with Gasteiger partial charge in [-0.2, -0.15) is 0 Å². The Balaban J connectivity index is 2.13. The molecule has 2 rings (SSSR count). The molecule has 17 heavy (non-hydrogen) atoms. The minimum Gasteiger partial charge on any atom is -0.394 e. The predicted molar refractivity (Wildman–Crippen MR) is 57.5 cm³/mol. The molecule has 1 aliphatic rings. The molecule has 1 unspecified atom stereocenters. The number of nitrogens with two attached hydrogens (primary N) is 1. The van der Waals surface area contributed by atoms with E-state index in [1.807, 2.05) is 0 Å². The highest BCUT2D eigenvalue weighted by Crippen LogP contribution is 2.17. The summed E-state index contributed by atoms with van der Waals surface area (Å²) < 4.78 is 31.4. The highest BCUT2D eigenvalue weighted by molar-refractivity contribution is 5.94. The van der Waals surface area contributed by atoms with Crippen LogP contribution in [0.15, 0.2) is 12.1 Å². The molecule has 92 valence electrons. The van der Waals surface area contributed by atoms with Gasteiger partial charge in [-0.25, -0.2) is 8.78 Å². The molecule has 0 aromatic heterocycles. The lowest BCUT2D eigenvalue weighted by molar-refractivity contribution is 0.0929. The van der Waals surface area contributed by atoms with Gasteiger partial charge in [0.2, 0.25) is 0 Å². The van der Waals surface area contributed by atoms with Crippen molar-refractivity contribution in [1.29, 1.82) is 0 Å². The van der Waals surface area contributed by atoms with E-state index in [-0.39, 0.29) is 11.6 Å². The molecule has 0 radical (unpaired) electrons. The fraction of sp³-hybridized carbons (Fsp3) is 0.364. The summed E-state index contributed by atoms with van der Waals surface area (Å²) in [5.74, 6) is -2.39. The Bertz CT molecular complexity index is 422. The van der Waals surface area contributed by atoms with Gasteiger partial charge in [-0.1, -0.05) is 0 Å². The van der Waals surface area contributed by atoms with Crippen LogP contribution >= 0.6 is 0 Å². The van der Waals surface area contributed by atoms with Crippen molar-refractivity contribution in [1.82, 2.24) is 5.32 Å². The van der Waals surface area contributed by atoms with Gasteiger partial charge >= 0.3 is 0 Å². The molecular weight excluding hydrogens is 230 g/mol. The van der Waals surface area contributed by atoms with Gasteiger partial charge in [0.1, 0.15) is 17.3 Å². The molecule has 0 bridgehead atoms. The lowest BCUT2D eigenvalue weighted by Crippen LogP contribution is -2.35. The number of hydrogen-bond donors (Lipinski definition) is 2. The van der Waals surface area contributed by atoms with Crippen LogP contribution in [0.1, 0.15) is 16.8 Å². The summed E-state index contributed by atoms with van der Waals surface area (Å²) in [7, 11) is 0. The van der Waals surface area contributed by atoms with Gasteiger partial charge in [0.15, 0.2) is 0 Å². The number of ether oxygens (including phenoxy) is 1. The van der Waals surface area contributed by atoms with E-state index < -0.39 is 23.2 Å². The van der Waals surface area contributed by atoms with Crippen LogP contribution < -0.4 is 11.1 Å². The van der Waals surface area contributed by atoms with Gasteiger partial charge in [0, 0.05) is 12.2 Å². The number of carbonyl (C=O) groups excluding carboxylic acids is 1. The third kappa shape index (κ3) is 2.52. The Morgan fingerprint density at radius 1 is 1.41 bits per heavy atom. The first-order chi connectivity index (χ1) is 8.08. The molecule has 1 amide bonds. The quantitative estimate of drug-likeness (QED) is 0.762. The number of hydrogen-bond acceptors (Lipinski definition) is 3. The van der Waals surface area contributed by atoms with Gasteiger partial charge in [-0.05, 0) is 18.6 Å². The number of nitrogens with one attached hydrogen (secondary N) is 1. The Hall–Kier alpha value is -1.69. The summed E-state index contributed by atoms with van der Waals surface area (Å²) in [6.45, 7) is 1.00. The van der Waals surface area contributed by atoms with Crippen molar-refractivity contribution in [2.45, 2.75) is 12.5 Å². The van der Waals surface area contributed by atoms with Crippen molar-refractivity contribution in [3.8, 4) is 0 Å². The summed E-state index contributed by atoms with van der Waals surface area (Å²) in [6, 6.07) is 1.73. The Labute approximate surface area is 96.7 Å². The molecule has 0 aliphatic carbocycles. The number of carbonyl (C=O) groups is 1. The molecule has 1 saturated heterocycles. The lowest BCUT2D eigenvalue weighted by Gasteiger charge is -2.11. The number of amides is 1. The molecule has 1 heterocycles. The second-order valence-corrected chi connectivity index (χ2v) is 3.89. The molecule has 0 saturated carbocycles. The van der Waals surface area contributed by atoms with E-state index in [1.165, 1.54) is 0 Å². The van der Waals surface area contributed by atoms with E-state index in [0.29, 0.717) is 19.6 Å². The van der Waals surface area contributed by atoms with Crippen LogP contribution in [-0.2, 0) is 4.74 Å². The maximum Gasteiger partial charge on any atom is 0.251 e. The van der Waals surface area contributed by atoms with E-state index in [1.54, 1.807) is 0 Å². The van der Waals surface area contributed by atoms with E-state index in [4.69, 9.17) is 10.5 Å². The second-order valence-electron chi connectivity index (χ2n) is 3.89. The maximum atomic E-state index is 13.1. The van der Waals surface area contributed by atoms with Crippen molar-refractivity contribution in [3.05, 3.63) is 29.3 Å². The largest absolute Gasteiger partial charge is 0.394 e. The SMILES string of the molecule is Nc1c(F)cc(C(=O)NC2CCOC2)cc1F. The highest BCUT2D eigenvalue weighted by Gasteiger charge is 2.20. The first-order valence-electron chi connectivity index (χ1n) is 5.21. The highest BCUT2D eigenvalue weighted by atomic mass is 19.1. The van der Waals surface area contributed by atoms with Gasteiger partial charge in [-0.15, -0.1) is 0 Å². The van der Waals surface area contributed by atoms with Crippen LogP contribution in [0, 0.1) is 11.6 Å². The number of benzene rings is 1. The third-order valence-electron chi connectivity index (χ3n) is 2.61. The monoisotopic (exact) mass is 242 g/mol. The summed E-state index contributed by atoms with van der Waals surface area (Å²) in [4.78, 5) is 11.7. The minimum absolute atomic E-state index is 0.0823. The van der Waals surface area contributed by atoms with E-state index in [2.05, 4.69) is 5.32 Å². The molecule has 6 heteroatoms. The smallest absolute Gasteiger partial charge is 0.251 e. The van der Waals surface area contributed by atoms with E-state index in [0.717, 1.165) is 12.1 Å². The summed E-state index contributed by atoms with van der Waals surface area (Å²) in [5.41, 5.74) is 4.45. The number of halogens is 2. The van der Waals surface area contributed by atoms with Crippen LogP contribution in [0.4, 0.5) is 14.5 Å². The average Bonchev–Trinajstić information content (AvgIpc) is 2.77. The van der Waals surface area contributed by atoms with Crippen molar-refractivity contribution in [2.75, 3.05) is 18.9 Å². The van der Waals surface area contributed by atoms with Crippen LogP contribution in [0.3, 0.4) is 0 Å². The molecule has 1 aliphatic heterocycles. The molecule has 1 aromatic rings. The average molecular weight is 242 g/mol. The Morgan fingerprint density at radius 3 is 2.59 bits per heavy atom. The van der Waals surface area contributed by atoms with Crippen molar-refractivity contribution < 1.29 is 18.3 Å². The normalized spacial score (nSPS) is 19.3. The topological polar surface area (TPSA) is 64.4 Å². The number of nitrogen functional groups attached to an aromatic ring is 1. The van der Waals surface area contributed by atoms with E-state index >= 15 is 0 Å². The molecule has 1 aromatic carbocycles. The standard InChI is InChI=1S/C11H12F2N2O2/c12-8-3-6(4-9(13)10(8)14)11(16)15-7-1-2-17-5-7/h3-4,7H,1-2,5,14H2,(H,15,16). The molecule has 0 spiro atoms. The summed E-state index contributed by atoms with van der Waals surface area (Å²) >= 11 is 0. The predicted octanol–water partition coefficient (Wildman–Crippen LogP) is 1.07. The third-order valence-corrected chi connectivity index (χ3v) is 2.61. The first kappa shape index (κ1) is 11.8. The van der Waals surface area contributed by atoms with Crippen molar-refractivity contribution >= 4 is 11.6 Å². The van der Waals surface area contributed by atoms with Crippen LogP contribution in [-0.4, -0.2) is 25.2 Å². The minimum atomic E-state index is -0.933. The van der Waals surface area contributed by atoms with Gasteiger partial charge < -0.3 is 15.8 Å². The number of rotatable bonds is 2. The van der Waals surface area contributed by atoms with Crippen LogP contribution in [0.25, 0.3) is 0 Å². The summed E-state index contributed by atoms with van der Waals surface area (Å²) in [6.07, 6.45) is 0.700. The second kappa shape index (κ2) is 4.67. The molecule has 4 nitrogen and oxygen atoms in total. The Kier molecular flexibility index (Phi) is 3.23. The number of anilines is 1. The van der Waals surface area contributed by atoms with Crippen LogP contribution in [0.5, 0.6) is 0 Å². The van der Waals surface area contributed by atoms with Gasteiger partial charge in [0.05, 0.1) is 12.6 Å². The first-order valence-corrected chi connectivity index (χ1v) is 5.21. The van der Waals surface area contributed by atoms with Gasteiger partial charge in [-0.3, -0.25) is 4.79 Å². The molecule has 1 atom stereocenters. The Morgan fingerprint density at radius 2 is 2.06 bits per heavy atom. The van der Waals surface area contributed by atoms with Crippen molar-refractivity contribution in [2.24, 2.45) is 0 Å². The fourth-order valence-electron chi connectivity index (χ4n) is 1.63. The molecular formula is C11H12F2N2O2. The fourth-order valence-corrected chi connectivity index (χ4v) is 1.63. The van der Waals surface area contributed by atoms with Gasteiger partial charge in [0.25, 0.3) is 5.91 Å². The molecule has 1 fully saturated rings. The zero-order valence-corrected chi connectivity index (χ0v) is 9.00. The van der Waals surface area contributed by atoms with Crippen LogP contribution in [0.2, 0.25) is 0 Å². The van der Waals surface area contributed by atoms with Crippen molar-refractivity contribution in [3.63, 3.8) is 0 Å². The van der Waals surface area contributed by atoms with E-state index in [9.17, 15) is 13.6 Å². The zero-order valence-electron chi connectivity index (χ0n) is 9.00. The zero-order chi connectivity index (χ0) is 12.4. The lowest BCUT2D eigenvalue weighted by atomic mass is 10.1. The maximum absolute atomic E-state index is 13.1. The summed E-state index contributed by atoms with van der Waals surface area (Å²) in [5, 5.41) is 2.63. The molecule has 3 N–H and O–H groups in total.